The van der Waals surface area contributed by atoms with E-state index in [9.17, 15) is 19.3 Å². The van der Waals surface area contributed by atoms with Crippen molar-refractivity contribution in [1.82, 2.24) is 0 Å². The second kappa shape index (κ2) is 5.85. The average Bonchev–Trinajstić information content (AvgIpc) is 3.17. The molecule has 1 aromatic rings. The fourth-order valence-corrected chi connectivity index (χ4v) is 2.04. The lowest BCUT2D eigenvalue weighted by Gasteiger charge is -2.08. The van der Waals surface area contributed by atoms with Crippen molar-refractivity contribution >= 4 is 17.3 Å². The van der Waals surface area contributed by atoms with E-state index in [0.717, 1.165) is 30.9 Å². The number of rotatable bonds is 7. The van der Waals surface area contributed by atoms with Crippen LogP contribution in [-0.2, 0) is 0 Å². The monoisotopic (exact) mass is 282 g/mol. The van der Waals surface area contributed by atoms with E-state index in [4.69, 9.17) is 5.11 Å². The number of nitrogens with one attached hydrogen (secondary N) is 1. The number of benzene rings is 1. The first-order valence-corrected chi connectivity index (χ1v) is 6.44. The van der Waals surface area contributed by atoms with E-state index in [1.807, 2.05) is 0 Å². The van der Waals surface area contributed by atoms with Gasteiger partial charge in [-0.05, 0) is 18.8 Å². The van der Waals surface area contributed by atoms with Crippen LogP contribution in [0.3, 0.4) is 0 Å². The SMILES string of the molecule is O=C(O)c1cc([N+](=O)[O-])c(NCCCC2CC2)cc1F. The second-order valence-electron chi connectivity index (χ2n) is 4.92. The third kappa shape index (κ3) is 3.43. The molecule has 6 nitrogen and oxygen atoms in total. The van der Waals surface area contributed by atoms with Gasteiger partial charge in [-0.3, -0.25) is 10.1 Å². The Bertz CT molecular complexity index is 543. The van der Waals surface area contributed by atoms with Gasteiger partial charge in [-0.25, -0.2) is 9.18 Å². The van der Waals surface area contributed by atoms with Crippen LogP contribution in [0.25, 0.3) is 0 Å². The molecule has 0 atom stereocenters. The van der Waals surface area contributed by atoms with Crippen LogP contribution in [0.4, 0.5) is 15.8 Å². The minimum Gasteiger partial charge on any atom is -0.478 e. The molecule has 1 aromatic carbocycles. The maximum absolute atomic E-state index is 13.5. The molecule has 1 aliphatic carbocycles. The van der Waals surface area contributed by atoms with E-state index in [2.05, 4.69) is 5.32 Å². The van der Waals surface area contributed by atoms with Crippen LogP contribution in [0.1, 0.15) is 36.0 Å². The minimum absolute atomic E-state index is 0.0216. The molecule has 108 valence electrons. The van der Waals surface area contributed by atoms with Gasteiger partial charge in [-0.15, -0.1) is 0 Å². The Morgan fingerprint density at radius 1 is 1.50 bits per heavy atom. The lowest BCUT2D eigenvalue weighted by Crippen LogP contribution is -2.08. The molecule has 2 N–H and O–H groups in total. The normalized spacial score (nSPS) is 14.1. The Kier molecular flexibility index (Phi) is 4.16. The zero-order chi connectivity index (χ0) is 14.7. The number of aromatic carboxylic acids is 1. The number of carboxylic acids is 1. The molecule has 0 bridgehead atoms. The van der Waals surface area contributed by atoms with Crippen LogP contribution < -0.4 is 5.32 Å². The van der Waals surface area contributed by atoms with Crippen LogP contribution in [0.2, 0.25) is 0 Å². The molecule has 0 unspecified atom stereocenters. The van der Waals surface area contributed by atoms with Gasteiger partial charge in [0.2, 0.25) is 0 Å². The quantitative estimate of drug-likeness (QED) is 0.455. The summed E-state index contributed by atoms with van der Waals surface area (Å²) >= 11 is 0. The standard InChI is InChI=1S/C13H15FN2O4/c14-10-7-11(15-5-1-2-8-3-4-8)12(16(19)20)6-9(10)13(17)18/h6-8,15H,1-5H2,(H,17,18). The summed E-state index contributed by atoms with van der Waals surface area (Å²) in [5.74, 6) is -1.74. The first-order valence-electron chi connectivity index (χ1n) is 6.44. The molecule has 0 radical (unpaired) electrons. The summed E-state index contributed by atoms with van der Waals surface area (Å²) in [5, 5.41) is 22.5. The minimum atomic E-state index is -1.52. The Morgan fingerprint density at radius 2 is 2.20 bits per heavy atom. The fraction of sp³-hybridized carbons (Fsp3) is 0.462. The molecular formula is C13H15FN2O4. The number of anilines is 1. The van der Waals surface area contributed by atoms with Gasteiger partial charge in [0.05, 0.1) is 4.92 Å². The Balaban J connectivity index is 2.10. The summed E-state index contributed by atoms with van der Waals surface area (Å²) in [7, 11) is 0. The number of hydrogen-bond donors (Lipinski definition) is 2. The molecule has 0 spiro atoms. The Morgan fingerprint density at radius 3 is 2.75 bits per heavy atom. The maximum atomic E-state index is 13.5. The predicted molar refractivity (Wildman–Crippen MR) is 70.5 cm³/mol. The van der Waals surface area contributed by atoms with Gasteiger partial charge < -0.3 is 10.4 Å². The van der Waals surface area contributed by atoms with Crippen molar-refractivity contribution < 1.29 is 19.2 Å². The van der Waals surface area contributed by atoms with E-state index in [0.29, 0.717) is 6.54 Å². The largest absolute Gasteiger partial charge is 0.478 e. The van der Waals surface area contributed by atoms with Crippen LogP contribution in [0.15, 0.2) is 12.1 Å². The molecule has 1 aliphatic rings. The van der Waals surface area contributed by atoms with E-state index < -0.39 is 28.0 Å². The van der Waals surface area contributed by atoms with Gasteiger partial charge in [-0.2, -0.15) is 0 Å². The average molecular weight is 282 g/mol. The van der Waals surface area contributed by atoms with Crippen molar-refractivity contribution in [2.75, 3.05) is 11.9 Å². The zero-order valence-corrected chi connectivity index (χ0v) is 10.8. The van der Waals surface area contributed by atoms with Crippen molar-refractivity contribution in [3.8, 4) is 0 Å². The molecule has 1 saturated carbocycles. The molecule has 0 saturated heterocycles. The van der Waals surface area contributed by atoms with Crippen LogP contribution in [-0.4, -0.2) is 22.5 Å². The molecule has 2 rings (SSSR count). The van der Waals surface area contributed by atoms with E-state index in [1.54, 1.807) is 0 Å². The van der Waals surface area contributed by atoms with Gasteiger partial charge in [0, 0.05) is 18.7 Å². The van der Waals surface area contributed by atoms with Crippen LogP contribution >= 0.6 is 0 Å². The third-order valence-electron chi connectivity index (χ3n) is 3.31. The molecular weight excluding hydrogens is 267 g/mol. The summed E-state index contributed by atoms with van der Waals surface area (Å²) < 4.78 is 13.5. The Labute approximate surface area is 114 Å². The summed E-state index contributed by atoms with van der Waals surface area (Å²) in [6, 6.07) is 1.62. The lowest BCUT2D eigenvalue weighted by molar-refractivity contribution is -0.384. The summed E-state index contributed by atoms with van der Waals surface area (Å²) in [5.41, 5.74) is -1.09. The molecule has 0 heterocycles. The molecule has 0 aliphatic heterocycles. The van der Waals surface area contributed by atoms with Crippen molar-refractivity contribution in [1.29, 1.82) is 0 Å². The van der Waals surface area contributed by atoms with Gasteiger partial charge >= 0.3 is 5.97 Å². The smallest absolute Gasteiger partial charge is 0.338 e. The highest BCUT2D eigenvalue weighted by molar-refractivity contribution is 5.90. The van der Waals surface area contributed by atoms with Gasteiger partial charge in [0.25, 0.3) is 5.69 Å². The van der Waals surface area contributed by atoms with Gasteiger partial charge in [-0.1, -0.05) is 12.8 Å². The van der Waals surface area contributed by atoms with Gasteiger partial charge in [0.1, 0.15) is 17.1 Å². The van der Waals surface area contributed by atoms with Crippen molar-refractivity contribution in [3.63, 3.8) is 0 Å². The first kappa shape index (κ1) is 14.2. The van der Waals surface area contributed by atoms with Crippen LogP contribution in [0, 0.1) is 21.8 Å². The number of carbonyl (C=O) groups is 1. The number of halogens is 1. The third-order valence-corrected chi connectivity index (χ3v) is 3.31. The summed E-state index contributed by atoms with van der Waals surface area (Å²) in [4.78, 5) is 21.0. The van der Waals surface area contributed by atoms with Crippen molar-refractivity contribution in [2.24, 2.45) is 5.92 Å². The number of nitrogens with zero attached hydrogens (tertiary/aromatic N) is 1. The molecule has 0 aromatic heterocycles. The number of carboxylic acid groups (broad SMARTS) is 1. The Hall–Kier alpha value is -2.18. The maximum Gasteiger partial charge on any atom is 0.338 e. The molecule has 1 fully saturated rings. The lowest BCUT2D eigenvalue weighted by atomic mass is 10.1. The zero-order valence-electron chi connectivity index (χ0n) is 10.8. The highest BCUT2D eigenvalue weighted by Gasteiger charge is 2.22. The van der Waals surface area contributed by atoms with E-state index >= 15 is 0 Å². The van der Waals surface area contributed by atoms with Crippen molar-refractivity contribution in [2.45, 2.75) is 25.7 Å². The van der Waals surface area contributed by atoms with Gasteiger partial charge in [0.15, 0.2) is 0 Å². The number of nitro benzene ring substituents is 1. The topological polar surface area (TPSA) is 92.5 Å². The summed E-state index contributed by atoms with van der Waals surface area (Å²) in [6.45, 7) is 0.503. The molecule has 0 amide bonds. The predicted octanol–water partition coefficient (Wildman–Crippen LogP) is 3.03. The van der Waals surface area contributed by atoms with Crippen LogP contribution in [0.5, 0.6) is 0 Å². The number of hydrogen-bond acceptors (Lipinski definition) is 4. The highest BCUT2D eigenvalue weighted by atomic mass is 19.1. The first-order chi connectivity index (χ1) is 9.49. The number of nitro groups is 1. The van der Waals surface area contributed by atoms with Crippen molar-refractivity contribution in [3.05, 3.63) is 33.6 Å². The molecule has 7 heteroatoms. The summed E-state index contributed by atoms with van der Waals surface area (Å²) in [6.07, 6.45) is 4.38. The second-order valence-corrected chi connectivity index (χ2v) is 4.92. The fourth-order valence-electron chi connectivity index (χ4n) is 2.04. The molecule has 20 heavy (non-hydrogen) atoms. The van der Waals surface area contributed by atoms with E-state index in [-0.39, 0.29) is 5.69 Å². The highest BCUT2D eigenvalue weighted by Crippen LogP contribution is 2.33. The van der Waals surface area contributed by atoms with E-state index in [1.165, 1.54) is 12.8 Å².